The summed E-state index contributed by atoms with van der Waals surface area (Å²) in [4.78, 5) is 21.1. The van der Waals surface area contributed by atoms with Crippen LogP contribution >= 0.6 is 27.5 Å². The summed E-state index contributed by atoms with van der Waals surface area (Å²) in [5.74, 6) is 0.702. The lowest BCUT2D eigenvalue weighted by Gasteiger charge is -2.25. The van der Waals surface area contributed by atoms with Gasteiger partial charge in [0.25, 0.3) is 0 Å². The first-order valence-corrected chi connectivity index (χ1v) is 7.76. The highest BCUT2D eigenvalue weighted by atomic mass is 79.9. The Morgan fingerprint density at radius 1 is 1.60 bits per heavy atom. The number of aromatic nitrogens is 3. The molecule has 2 atom stereocenters. The van der Waals surface area contributed by atoms with Gasteiger partial charge in [-0.2, -0.15) is 0 Å². The highest BCUT2D eigenvalue weighted by molar-refractivity contribution is 9.10. The van der Waals surface area contributed by atoms with E-state index >= 15 is 0 Å². The van der Waals surface area contributed by atoms with E-state index in [4.69, 9.17) is 11.6 Å². The van der Waals surface area contributed by atoms with Gasteiger partial charge in [0.15, 0.2) is 5.65 Å². The van der Waals surface area contributed by atoms with Crippen molar-refractivity contribution in [1.29, 1.82) is 0 Å². The van der Waals surface area contributed by atoms with E-state index in [1.165, 1.54) is 0 Å². The molecule has 3 heterocycles. The van der Waals surface area contributed by atoms with Gasteiger partial charge in [0.2, 0.25) is 5.91 Å². The minimum Gasteiger partial charge on any atom is -0.354 e. The molecule has 0 spiro atoms. The summed E-state index contributed by atoms with van der Waals surface area (Å²) in [6, 6.07) is 1.61. The number of nitrogens with one attached hydrogen (secondary N) is 1. The lowest BCUT2D eigenvalue weighted by Crippen LogP contribution is -2.38. The van der Waals surface area contributed by atoms with E-state index in [1.54, 1.807) is 6.20 Å². The molecule has 0 bridgehead atoms. The maximum atomic E-state index is 12.1. The number of fused-ring (bicyclic) bond motifs is 1. The normalized spacial score (nSPS) is 20.9. The number of carbonyl (C=O) groups is 1. The van der Waals surface area contributed by atoms with Crippen molar-refractivity contribution in [2.75, 3.05) is 6.54 Å². The van der Waals surface area contributed by atoms with Crippen LogP contribution in [0.5, 0.6) is 0 Å². The molecule has 7 heteroatoms. The molecule has 2 aromatic heterocycles. The van der Waals surface area contributed by atoms with Crippen molar-refractivity contribution < 1.29 is 4.79 Å². The van der Waals surface area contributed by atoms with Crippen LogP contribution in [-0.4, -0.2) is 27.0 Å². The Labute approximate surface area is 129 Å². The van der Waals surface area contributed by atoms with Gasteiger partial charge in [-0.05, 0) is 41.8 Å². The summed E-state index contributed by atoms with van der Waals surface area (Å²) in [6.07, 6.45) is 3.44. The highest BCUT2D eigenvalue weighted by Gasteiger charge is 2.29. The number of hydrogen-bond donors (Lipinski definition) is 1. The van der Waals surface area contributed by atoms with Gasteiger partial charge >= 0.3 is 0 Å². The topological polar surface area (TPSA) is 59.8 Å². The Hall–Kier alpha value is -1.14. The predicted molar refractivity (Wildman–Crippen MR) is 80.8 cm³/mol. The van der Waals surface area contributed by atoms with E-state index in [1.807, 2.05) is 17.6 Å². The maximum Gasteiger partial charge on any atom is 0.243 e. The summed E-state index contributed by atoms with van der Waals surface area (Å²) in [5.41, 5.74) is 1.46. The Morgan fingerprint density at radius 2 is 2.40 bits per heavy atom. The third kappa shape index (κ3) is 2.31. The van der Waals surface area contributed by atoms with Gasteiger partial charge in [0.1, 0.15) is 17.4 Å². The van der Waals surface area contributed by atoms with Gasteiger partial charge in [-0.1, -0.05) is 0 Å². The largest absolute Gasteiger partial charge is 0.354 e. The van der Waals surface area contributed by atoms with Gasteiger partial charge in [0.05, 0.1) is 5.38 Å². The van der Waals surface area contributed by atoms with E-state index in [0.29, 0.717) is 11.5 Å². The summed E-state index contributed by atoms with van der Waals surface area (Å²) in [5, 5.41) is 2.62. The zero-order valence-corrected chi connectivity index (χ0v) is 13.3. The Kier molecular flexibility index (Phi) is 3.69. The molecule has 1 aliphatic rings. The SMILES string of the molecule is CC(Cl)c1nc2cc(Br)cnc2n1C1CCCNC1=O. The van der Waals surface area contributed by atoms with Crippen LogP contribution in [0.4, 0.5) is 0 Å². The van der Waals surface area contributed by atoms with Crippen molar-refractivity contribution in [3.8, 4) is 0 Å². The van der Waals surface area contributed by atoms with E-state index in [9.17, 15) is 4.79 Å². The van der Waals surface area contributed by atoms with Crippen molar-refractivity contribution in [3.63, 3.8) is 0 Å². The van der Waals surface area contributed by atoms with Crippen molar-refractivity contribution in [2.24, 2.45) is 0 Å². The van der Waals surface area contributed by atoms with Gasteiger partial charge in [-0.15, -0.1) is 11.6 Å². The molecule has 106 valence electrons. The summed E-state index contributed by atoms with van der Waals surface area (Å²) < 4.78 is 2.74. The molecule has 1 saturated heterocycles. The number of pyridine rings is 1. The molecule has 0 aliphatic carbocycles. The summed E-state index contributed by atoms with van der Waals surface area (Å²) >= 11 is 9.62. The molecule has 1 fully saturated rings. The zero-order valence-electron chi connectivity index (χ0n) is 10.9. The number of rotatable bonds is 2. The van der Waals surface area contributed by atoms with Crippen molar-refractivity contribution in [2.45, 2.75) is 31.2 Å². The summed E-state index contributed by atoms with van der Waals surface area (Å²) in [7, 11) is 0. The van der Waals surface area contributed by atoms with Crippen LogP contribution in [0.2, 0.25) is 0 Å². The van der Waals surface area contributed by atoms with Crippen LogP contribution in [0.3, 0.4) is 0 Å². The molecule has 3 rings (SSSR count). The molecule has 2 aromatic rings. The molecule has 0 saturated carbocycles. The third-order valence-corrected chi connectivity index (χ3v) is 4.08. The zero-order chi connectivity index (χ0) is 14.3. The van der Waals surface area contributed by atoms with Crippen molar-refractivity contribution >= 4 is 44.6 Å². The molecular weight excluding hydrogens is 344 g/mol. The highest BCUT2D eigenvalue weighted by Crippen LogP contribution is 2.31. The van der Waals surface area contributed by atoms with Crippen LogP contribution in [0, 0.1) is 0 Å². The Morgan fingerprint density at radius 3 is 3.10 bits per heavy atom. The van der Waals surface area contributed by atoms with Crippen molar-refractivity contribution in [3.05, 3.63) is 22.6 Å². The molecular formula is C13H14BrClN4O. The van der Waals surface area contributed by atoms with Crippen LogP contribution < -0.4 is 5.32 Å². The maximum absolute atomic E-state index is 12.1. The van der Waals surface area contributed by atoms with E-state index in [-0.39, 0.29) is 17.3 Å². The number of hydrogen-bond acceptors (Lipinski definition) is 3. The molecule has 1 aliphatic heterocycles. The molecule has 0 aromatic carbocycles. The lowest BCUT2D eigenvalue weighted by molar-refractivity contribution is -0.125. The van der Waals surface area contributed by atoms with E-state index in [0.717, 1.165) is 29.4 Å². The monoisotopic (exact) mass is 356 g/mol. The predicted octanol–water partition coefficient (Wildman–Crippen LogP) is 2.94. The number of alkyl halides is 1. The van der Waals surface area contributed by atoms with Crippen LogP contribution in [0.15, 0.2) is 16.7 Å². The minimum atomic E-state index is -0.280. The molecule has 2 unspecified atom stereocenters. The van der Waals surface area contributed by atoms with Gasteiger partial charge in [-0.3, -0.25) is 9.36 Å². The number of amides is 1. The smallest absolute Gasteiger partial charge is 0.243 e. The minimum absolute atomic E-state index is 0.0128. The first kappa shape index (κ1) is 13.8. The average molecular weight is 358 g/mol. The van der Waals surface area contributed by atoms with E-state index < -0.39 is 0 Å². The third-order valence-electron chi connectivity index (χ3n) is 3.45. The average Bonchev–Trinajstić information content (AvgIpc) is 2.78. The van der Waals surface area contributed by atoms with Crippen molar-refractivity contribution in [1.82, 2.24) is 19.9 Å². The second-order valence-electron chi connectivity index (χ2n) is 4.90. The molecule has 20 heavy (non-hydrogen) atoms. The first-order chi connectivity index (χ1) is 9.58. The molecule has 0 radical (unpaired) electrons. The van der Waals surface area contributed by atoms with Crippen LogP contribution in [0.1, 0.15) is 37.0 Å². The number of nitrogens with zero attached hydrogens (tertiary/aromatic N) is 3. The standard InChI is InChI=1S/C13H14BrClN4O/c1-7(15)11-18-9-5-8(14)6-17-12(9)19(11)10-3-2-4-16-13(10)20/h5-7,10H,2-4H2,1H3,(H,16,20). The van der Waals surface area contributed by atoms with Gasteiger partial charge in [0, 0.05) is 17.2 Å². The fourth-order valence-electron chi connectivity index (χ4n) is 2.57. The fraction of sp³-hybridized carbons (Fsp3) is 0.462. The molecule has 1 N–H and O–H groups in total. The Bertz CT molecular complexity index is 670. The quantitative estimate of drug-likeness (QED) is 0.841. The second-order valence-corrected chi connectivity index (χ2v) is 6.47. The van der Waals surface area contributed by atoms with Crippen LogP contribution in [0.25, 0.3) is 11.2 Å². The number of halogens is 2. The number of piperidine rings is 1. The fourth-order valence-corrected chi connectivity index (χ4v) is 3.04. The second kappa shape index (κ2) is 5.33. The number of carbonyl (C=O) groups excluding carboxylic acids is 1. The Balaban J connectivity index is 2.20. The van der Waals surface area contributed by atoms with E-state index in [2.05, 4.69) is 31.2 Å². The summed E-state index contributed by atoms with van der Waals surface area (Å²) in [6.45, 7) is 2.59. The van der Waals surface area contributed by atoms with Gasteiger partial charge < -0.3 is 5.32 Å². The first-order valence-electron chi connectivity index (χ1n) is 6.53. The van der Waals surface area contributed by atoms with Gasteiger partial charge in [-0.25, -0.2) is 9.97 Å². The number of imidazole rings is 1. The molecule has 5 nitrogen and oxygen atoms in total. The van der Waals surface area contributed by atoms with Crippen LogP contribution in [-0.2, 0) is 4.79 Å². The lowest BCUT2D eigenvalue weighted by atomic mass is 10.1. The molecule has 1 amide bonds.